The second-order valence-electron chi connectivity index (χ2n) is 7.52. The van der Waals surface area contributed by atoms with Gasteiger partial charge in [0.15, 0.2) is 0 Å². The Morgan fingerprint density at radius 2 is 1.97 bits per heavy atom. The minimum absolute atomic E-state index is 0.152. The van der Waals surface area contributed by atoms with Crippen LogP contribution in [0, 0.1) is 5.82 Å². The first kappa shape index (κ1) is 19.9. The highest BCUT2D eigenvalue weighted by molar-refractivity contribution is 5.94. The topological polar surface area (TPSA) is 86.9 Å². The van der Waals surface area contributed by atoms with Crippen molar-refractivity contribution in [2.45, 2.75) is 32.2 Å². The Balaban J connectivity index is 1.74. The van der Waals surface area contributed by atoms with Crippen molar-refractivity contribution in [1.29, 1.82) is 0 Å². The lowest BCUT2D eigenvalue weighted by Crippen LogP contribution is -2.32. The quantitative estimate of drug-likeness (QED) is 0.667. The lowest BCUT2D eigenvalue weighted by Gasteiger charge is -2.28. The molecule has 0 amide bonds. The Hall–Kier alpha value is -3.42. The van der Waals surface area contributed by atoms with Gasteiger partial charge >= 0.3 is 5.97 Å². The second-order valence-corrected chi connectivity index (χ2v) is 7.52. The van der Waals surface area contributed by atoms with Crippen LogP contribution in [0.5, 0.6) is 0 Å². The van der Waals surface area contributed by atoms with Gasteiger partial charge in [-0.15, -0.1) is 0 Å². The fourth-order valence-electron chi connectivity index (χ4n) is 3.89. The molecule has 0 aliphatic carbocycles. The molecule has 1 fully saturated rings. The number of fused-ring (bicyclic) bond motifs is 1. The molecule has 30 heavy (non-hydrogen) atoms. The van der Waals surface area contributed by atoms with Crippen molar-refractivity contribution in [3.8, 4) is 0 Å². The van der Waals surface area contributed by atoms with Crippen LogP contribution in [-0.2, 0) is 0 Å². The number of nitrogens with one attached hydrogen (secondary N) is 1. The van der Waals surface area contributed by atoms with Gasteiger partial charge in [-0.2, -0.15) is 0 Å². The molecule has 2 aromatic heterocycles. The van der Waals surface area contributed by atoms with E-state index >= 15 is 0 Å². The number of piperidine rings is 1. The maximum Gasteiger partial charge on any atom is 0.337 e. The van der Waals surface area contributed by atoms with Crippen molar-refractivity contribution in [2.75, 3.05) is 23.3 Å². The fraction of sp³-hybridized carbons (Fsp3) is 0.318. The largest absolute Gasteiger partial charge is 0.478 e. The average molecular weight is 410 g/mol. The number of carboxylic acid groups (broad SMARTS) is 1. The third kappa shape index (κ3) is 3.85. The Labute approximate surface area is 172 Å². The number of nitrogens with zero attached hydrogens (tertiary/aromatic N) is 3. The maximum absolute atomic E-state index is 13.5. The number of anilines is 2. The molecule has 8 heteroatoms. The summed E-state index contributed by atoms with van der Waals surface area (Å²) in [5.41, 5.74) is 1.25. The van der Waals surface area contributed by atoms with Gasteiger partial charge in [0.25, 0.3) is 5.56 Å². The van der Waals surface area contributed by atoms with Gasteiger partial charge in [0.05, 0.1) is 11.6 Å². The average Bonchev–Trinajstić information content (AvgIpc) is 2.75. The third-order valence-electron chi connectivity index (χ3n) is 5.44. The normalized spacial score (nSPS) is 15.2. The second kappa shape index (κ2) is 8.14. The van der Waals surface area contributed by atoms with E-state index in [1.165, 1.54) is 23.0 Å². The summed E-state index contributed by atoms with van der Waals surface area (Å²) in [5.74, 6) is -1.17. The molecule has 1 aromatic carbocycles. The summed E-state index contributed by atoms with van der Waals surface area (Å²) < 4.78 is 15.0. The first-order valence-corrected chi connectivity index (χ1v) is 10.0. The van der Waals surface area contributed by atoms with Crippen molar-refractivity contribution in [2.24, 2.45) is 0 Å². The molecule has 0 unspecified atom stereocenters. The molecule has 2 N–H and O–H groups in total. The molecule has 0 saturated carbocycles. The highest BCUT2D eigenvalue weighted by Crippen LogP contribution is 2.26. The summed E-state index contributed by atoms with van der Waals surface area (Å²) in [5, 5.41) is 12.5. The Morgan fingerprint density at radius 1 is 1.20 bits per heavy atom. The van der Waals surface area contributed by atoms with Crippen molar-refractivity contribution >= 4 is 23.1 Å². The van der Waals surface area contributed by atoms with E-state index in [9.17, 15) is 19.1 Å². The molecule has 0 radical (unpaired) electrons. The highest BCUT2D eigenvalue weighted by atomic mass is 19.1. The summed E-state index contributed by atoms with van der Waals surface area (Å²) in [6, 6.07) is 8.39. The SMILES string of the molecule is C[C@@H](Nc1ccc(F)cc1C(=O)O)c1cccn2c(=O)cc(N3CCCCC3)nc12. The Bertz CT molecular complexity index is 1150. The number of benzene rings is 1. The van der Waals surface area contributed by atoms with Crippen LogP contribution in [0.4, 0.5) is 15.9 Å². The smallest absolute Gasteiger partial charge is 0.337 e. The van der Waals surface area contributed by atoms with Gasteiger partial charge in [0.2, 0.25) is 0 Å². The predicted molar refractivity (Wildman–Crippen MR) is 113 cm³/mol. The molecule has 156 valence electrons. The van der Waals surface area contributed by atoms with E-state index in [0.29, 0.717) is 17.2 Å². The van der Waals surface area contributed by atoms with E-state index in [1.54, 1.807) is 18.3 Å². The molecular weight excluding hydrogens is 387 g/mol. The minimum Gasteiger partial charge on any atom is -0.478 e. The van der Waals surface area contributed by atoms with Gasteiger partial charge in [-0.25, -0.2) is 14.2 Å². The number of hydrogen-bond donors (Lipinski definition) is 2. The number of hydrogen-bond acceptors (Lipinski definition) is 5. The Kier molecular flexibility index (Phi) is 5.39. The number of aromatic nitrogens is 2. The number of halogens is 1. The van der Waals surface area contributed by atoms with Gasteiger partial charge in [0, 0.05) is 36.6 Å². The van der Waals surface area contributed by atoms with E-state index in [0.717, 1.165) is 37.6 Å². The maximum atomic E-state index is 13.5. The molecule has 1 aliphatic rings. The Morgan fingerprint density at radius 3 is 2.70 bits per heavy atom. The van der Waals surface area contributed by atoms with Crippen molar-refractivity contribution < 1.29 is 14.3 Å². The van der Waals surface area contributed by atoms with E-state index in [-0.39, 0.29) is 17.2 Å². The molecule has 7 nitrogen and oxygen atoms in total. The lowest BCUT2D eigenvalue weighted by molar-refractivity contribution is 0.0697. The monoisotopic (exact) mass is 410 g/mol. The predicted octanol–water partition coefficient (Wildman–Crippen LogP) is 3.70. The molecule has 3 heterocycles. The number of pyridine rings is 1. The summed E-state index contributed by atoms with van der Waals surface area (Å²) in [4.78, 5) is 31.1. The van der Waals surface area contributed by atoms with Crippen LogP contribution >= 0.6 is 0 Å². The van der Waals surface area contributed by atoms with E-state index in [2.05, 4.69) is 10.2 Å². The van der Waals surface area contributed by atoms with E-state index in [4.69, 9.17) is 4.98 Å². The van der Waals surface area contributed by atoms with Crippen LogP contribution in [0.25, 0.3) is 5.65 Å². The van der Waals surface area contributed by atoms with Gasteiger partial charge in [-0.3, -0.25) is 9.20 Å². The van der Waals surface area contributed by atoms with E-state index in [1.807, 2.05) is 13.0 Å². The minimum atomic E-state index is -1.22. The summed E-state index contributed by atoms with van der Waals surface area (Å²) in [6.07, 6.45) is 4.99. The first-order chi connectivity index (χ1) is 14.4. The van der Waals surface area contributed by atoms with Crippen molar-refractivity contribution in [3.05, 3.63) is 69.9 Å². The van der Waals surface area contributed by atoms with Crippen LogP contribution in [-0.4, -0.2) is 33.6 Å². The number of rotatable bonds is 5. The zero-order valence-corrected chi connectivity index (χ0v) is 16.6. The van der Waals surface area contributed by atoms with Crippen LogP contribution in [0.15, 0.2) is 47.4 Å². The fourth-order valence-corrected chi connectivity index (χ4v) is 3.89. The van der Waals surface area contributed by atoms with Gasteiger partial charge in [-0.05, 0) is 50.5 Å². The molecular formula is C22H23FN4O3. The van der Waals surface area contributed by atoms with Gasteiger partial charge in [-0.1, -0.05) is 6.07 Å². The van der Waals surface area contributed by atoms with Crippen LogP contribution in [0.1, 0.15) is 48.1 Å². The van der Waals surface area contributed by atoms with E-state index < -0.39 is 11.8 Å². The molecule has 3 aromatic rings. The van der Waals surface area contributed by atoms with Crippen LogP contribution in [0.3, 0.4) is 0 Å². The summed E-state index contributed by atoms with van der Waals surface area (Å²) >= 11 is 0. The molecule has 1 aliphatic heterocycles. The summed E-state index contributed by atoms with van der Waals surface area (Å²) in [6.45, 7) is 3.59. The lowest BCUT2D eigenvalue weighted by atomic mass is 10.1. The molecule has 4 rings (SSSR count). The van der Waals surface area contributed by atoms with Crippen LogP contribution < -0.4 is 15.8 Å². The molecule has 1 saturated heterocycles. The zero-order chi connectivity index (χ0) is 21.3. The number of aromatic carboxylic acids is 1. The van der Waals surface area contributed by atoms with Gasteiger partial charge in [0.1, 0.15) is 17.3 Å². The van der Waals surface area contributed by atoms with Crippen LogP contribution in [0.2, 0.25) is 0 Å². The first-order valence-electron chi connectivity index (χ1n) is 10.0. The number of carbonyl (C=O) groups is 1. The van der Waals surface area contributed by atoms with Gasteiger partial charge < -0.3 is 15.3 Å². The summed E-state index contributed by atoms with van der Waals surface area (Å²) in [7, 11) is 0. The molecule has 1 atom stereocenters. The third-order valence-corrected chi connectivity index (χ3v) is 5.44. The van der Waals surface area contributed by atoms with Crippen molar-refractivity contribution in [1.82, 2.24) is 9.38 Å². The zero-order valence-electron chi connectivity index (χ0n) is 16.6. The number of carboxylic acids is 1. The molecule has 0 spiro atoms. The standard InChI is InChI=1S/C22H23FN4O3/c1-14(24-18-8-7-15(23)12-17(18)22(29)30)16-6-5-11-27-20(28)13-19(25-21(16)27)26-9-3-2-4-10-26/h5-8,11-14,24H,2-4,9-10H2,1H3,(H,29,30)/t14-/m1/s1. The highest BCUT2D eigenvalue weighted by Gasteiger charge is 2.19. The molecule has 0 bridgehead atoms. The van der Waals surface area contributed by atoms with Crippen molar-refractivity contribution in [3.63, 3.8) is 0 Å².